The van der Waals surface area contributed by atoms with Crippen molar-refractivity contribution >= 4 is 17.6 Å². The predicted molar refractivity (Wildman–Crippen MR) is 160 cm³/mol. The zero-order chi connectivity index (χ0) is 31.2. The number of hydrogen-bond acceptors (Lipinski definition) is 6. The molecule has 1 aliphatic heterocycles. The van der Waals surface area contributed by atoms with E-state index in [2.05, 4.69) is 20.6 Å². The summed E-state index contributed by atoms with van der Waals surface area (Å²) in [5.74, 6) is -1.92. The predicted octanol–water partition coefficient (Wildman–Crippen LogP) is 4.53. The number of nitrogens with two attached hydrogens (primary N) is 1. The zero-order valence-electron chi connectivity index (χ0n) is 24.7. The number of nitrogens with one attached hydrogen (secondary N) is 2. The Morgan fingerprint density at radius 2 is 1.86 bits per heavy atom. The number of anilines is 1. The third-order valence-corrected chi connectivity index (χ3v) is 8.81. The van der Waals surface area contributed by atoms with Crippen molar-refractivity contribution in [2.45, 2.75) is 62.8 Å². The molecular formula is C33H34F2N6O3. The van der Waals surface area contributed by atoms with Crippen molar-refractivity contribution in [2.75, 3.05) is 12.4 Å². The standard InChI is InChI=1S/C33H34F2N6O3/c1-32(2,44-3)26-17-38-29-25(14-22(18-41(26)29)23-7-6-8-24(34)28(23)35)39-30(42)19-10-11-20-15-33(36,16-21(20)13-19)31(43)40-27-9-4-5-12-37-27/h4-13,17,22,25H,14-16,18,36H2,1-3H3,(H,39,42)(H,37,40,43)/t22-,25+,33+/m1/s1. The molecule has 0 bridgehead atoms. The van der Waals surface area contributed by atoms with Crippen LogP contribution < -0.4 is 16.4 Å². The van der Waals surface area contributed by atoms with Crippen molar-refractivity contribution in [1.29, 1.82) is 0 Å². The lowest BCUT2D eigenvalue weighted by atomic mass is 9.87. The molecule has 0 spiro atoms. The van der Waals surface area contributed by atoms with Crippen LogP contribution >= 0.6 is 0 Å². The summed E-state index contributed by atoms with van der Waals surface area (Å²) in [6, 6.07) is 14.1. The lowest BCUT2D eigenvalue weighted by molar-refractivity contribution is -0.120. The molecule has 44 heavy (non-hydrogen) atoms. The van der Waals surface area contributed by atoms with Crippen LogP contribution in [-0.4, -0.2) is 39.0 Å². The molecular weight excluding hydrogens is 566 g/mol. The molecule has 2 amide bonds. The number of rotatable bonds is 7. The molecule has 2 aromatic carbocycles. The van der Waals surface area contributed by atoms with Gasteiger partial charge in [0.1, 0.15) is 22.8 Å². The van der Waals surface area contributed by atoms with Gasteiger partial charge in [-0.15, -0.1) is 0 Å². The summed E-state index contributed by atoms with van der Waals surface area (Å²) in [4.78, 5) is 35.5. The number of carbonyl (C=O) groups excluding carboxylic acids is 2. The minimum absolute atomic E-state index is 0.241. The number of ether oxygens (including phenoxy) is 1. The molecule has 0 radical (unpaired) electrons. The average molecular weight is 601 g/mol. The highest BCUT2D eigenvalue weighted by molar-refractivity contribution is 5.99. The van der Waals surface area contributed by atoms with Crippen molar-refractivity contribution < 1.29 is 23.1 Å². The maximum atomic E-state index is 15.0. The molecule has 0 saturated carbocycles. The van der Waals surface area contributed by atoms with Crippen molar-refractivity contribution in [1.82, 2.24) is 19.9 Å². The highest BCUT2D eigenvalue weighted by atomic mass is 19.2. The van der Waals surface area contributed by atoms with Crippen LogP contribution in [0.4, 0.5) is 14.6 Å². The first-order valence-electron chi connectivity index (χ1n) is 14.5. The molecule has 2 aromatic heterocycles. The maximum absolute atomic E-state index is 15.0. The normalized spacial score (nSPS) is 21.0. The number of amides is 2. The van der Waals surface area contributed by atoms with Gasteiger partial charge >= 0.3 is 0 Å². The lowest BCUT2D eigenvalue weighted by Crippen LogP contribution is -2.52. The van der Waals surface area contributed by atoms with E-state index in [9.17, 15) is 18.4 Å². The summed E-state index contributed by atoms with van der Waals surface area (Å²) in [7, 11) is 1.60. The Labute approximate surface area is 253 Å². The van der Waals surface area contributed by atoms with Gasteiger partial charge in [0.2, 0.25) is 5.91 Å². The van der Waals surface area contributed by atoms with E-state index in [-0.39, 0.29) is 23.8 Å². The van der Waals surface area contributed by atoms with Crippen LogP contribution in [0.1, 0.15) is 70.8 Å². The molecule has 6 rings (SSSR count). The van der Waals surface area contributed by atoms with Crippen molar-refractivity contribution in [3.05, 3.63) is 112 Å². The fraction of sp³-hybridized carbons (Fsp3) is 0.333. The molecule has 1 aliphatic carbocycles. The topological polar surface area (TPSA) is 124 Å². The Balaban J connectivity index is 1.25. The van der Waals surface area contributed by atoms with Gasteiger partial charge in [-0.2, -0.15) is 0 Å². The second kappa shape index (κ2) is 11.2. The summed E-state index contributed by atoms with van der Waals surface area (Å²) >= 11 is 0. The zero-order valence-corrected chi connectivity index (χ0v) is 24.7. The summed E-state index contributed by atoms with van der Waals surface area (Å²) in [5, 5.41) is 5.86. The quantitative estimate of drug-likeness (QED) is 0.286. The first-order valence-corrected chi connectivity index (χ1v) is 14.5. The van der Waals surface area contributed by atoms with E-state index in [4.69, 9.17) is 10.5 Å². The number of methoxy groups -OCH3 is 1. The number of benzene rings is 2. The summed E-state index contributed by atoms with van der Waals surface area (Å²) in [5.41, 5.74) is 7.76. The van der Waals surface area contributed by atoms with Gasteiger partial charge in [0.25, 0.3) is 5.91 Å². The van der Waals surface area contributed by atoms with E-state index < -0.39 is 34.7 Å². The molecule has 9 nitrogen and oxygen atoms in total. The van der Waals surface area contributed by atoms with Crippen LogP contribution in [0, 0.1) is 11.6 Å². The lowest BCUT2D eigenvalue weighted by Gasteiger charge is -2.34. The molecule has 3 atom stereocenters. The first kappa shape index (κ1) is 29.6. The Morgan fingerprint density at radius 3 is 2.61 bits per heavy atom. The van der Waals surface area contributed by atoms with E-state index in [1.54, 1.807) is 55.9 Å². The minimum Gasteiger partial charge on any atom is -0.373 e. The third kappa shape index (κ3) is 5.37. The van der Waals surface area contributed by atoms with Gasteiger partial charge in [-0.3, -0.25) is 9.59 Å². The largest absolute Gasteiger partial charge is 0.373 e. The molecule has 0 fully saturated rings. The van der Waals surface area contributed by atoms with Crippen molar-refractivity contribution in [3.8, 4) is 0 Å². The number of hydrogen-bond donors (Lipinski definition) is 3. The molecule has 4 aromatic rings. The third-order valence-electron chi connectivity index (χ3n) is 8.81. The van der Waals surface area contributed by atoms with Gasteiger partial charge in [0.05, 0.1) is 17.9 Å². The van der Waals surface area contributed by atoms with E-state index in [0.717, 1.165) is 22.9 Å². The Kier molecular flexibility index (Phi) is 7.54. The molecule has 11 heteroatoms. The molecule has 3 heterocycles. The number of carbonyl (C=O) groups is 2. The monoisotopic (exact) mass is 600 g/mol. The van der Waals surface area contributed by atoms with Crippen LogP contribution in [0.3, 0.4) is 0 Å². The number of aromatic nitrogens is 3. The number of halogens is 2. The summed E-state index contributed by atoms with van der Waals surface area (Å²) < 4.78 is 36.8. The van der Waals surface area contributed by atoms with Crippen LogP contribution in [-0.2, 0) is 34.5 Å². The van der Waals surface area contributed by atoms with E-state index in [0.29, 0.717) is 36.6 Å². The molecule has 4 N–H and O–H groups in total. The molecule has 0 saturated heterocycles. The van der Waals surface area contributed by atoms with Crippen LogP contribution in [0.15, 0.2) is 67.0 Å². The first-order chi connectivity index (χ1) is 21.0. The van der Waals surface area contributed by atoms with Gasteiger partial charge in [-0.1, -0.05) is 24.3 Å². The SMILES string of the molecule is COC(C)(C)c1cnc2n1C[C@H](c1cccc(F)c1F)C[C@@H]2NC(=O)c1ccc2c(c1)C[C@](N)(C(=O)Nc1ccccn1)C2. The van der Waals surface area contributed by atoms with Crippen LogP contribution in [0.5, 0.6) is 0 Å². The number of nitrogens with zero attached hydrogens (tertiary/aromatic N) is 3. The Morgan fingerprint density at radius 1 is 1.07 bits per heavy atom. The van der Waals surface area contributed by atoms with E-state index in [1.807, 2.05) is 24.5 Å². The van der Waals surface area contributed by atoms with Crippen molar-refractivity contribution in [2.24, 2.45) is 5.73 Å². The number of fused-ring (bicyclic) bond motifs is 2. The highest BCUT2D eigenvalue weighted by Crippen LogP contribution is 2.39. The number of pyridine rings is 1. The smallest absolute Gasteiger partial charge is 0.251 e. The molecule has 0 unspecified atom stereocenters. The fourth-order valence-corrected chi connectivity index (χ4v) is 6.24. The Bertz CT molecular complexity index is 1740. The second-order valence-electron chi connectivity index (χ2n) is 12.1. The maximum Gasteiger partial charge on any atom is 0.251 e. The second-order valence-corrected chi connectivity index (χ2v) is 12.1. The summed E-state index contributed by atoms with van der Waals surface area (Å²) in [6.07, 6.45) is 4.19. The molecule has 2 aliphatic rings. The Hall–Kier alpha value is -4.48. The molecule has 228 valence electrons. The van der Waals surface area contributed by atoms with Gasteiger partial charge in [-0.05, 0) is 73.7 Å². The van der Waals surface area contributed by atoms with Crippen molar-refractivity contribution in [3.63, 3.8) is 0 Å². The average Bonchev–Trinajstić information content (AvgIpc) is 3.60. The van der Waals surface area contributed by atoms with Gasteiger partial charge in [0, 0.05) is 37.8 Å². The van der Waals surface area contributed by atoms with Crippen LogP contribution in [0.2, 0.25) is 0 Å². The number of imidazole rings is 1. The minimum atomic E-state index is -1.18. The van der Waals surface area contributed by atoms with Gasteiger partial charge < -0.3 is 25.7 Å². The highest BCUT2D eigenvalue weighted by Gasteiger charge is 2.41. The van der Waals surface area contributed by atoms with E-state index >= 15 is 0 Å². The van der Waals surface area contributed by atoms with E-state index in [1.165, 1.54) is 6.07 Å². The summed E-state index contributed by atoms with van der Waals surface area (Å²) in [6.45, 7) is 4.15. The van der Waals surface area contributed by atoms with Gasteiger partial charge in [-0.25, -0.2) is 18.7 Å². The fourth-order valence-electron chi connectivity index (χ4n) is 6.24. The van der Waals surface area contributed by atoms with Crippen LogP contribution in [0.25, 0.3) is 0 Å². The van der Waals surface area contributed by atoms with Gasteiger partial charge in [0.15, 0.2) is 11.6 Å².